The number of hydrogen-bond acceptors (Lipinski definition) is 6. The molecule has 8 heteroatoms. The van der Waals surface area contributed by atoms with Gasteiger partial charge in [0.2, 0.25) is 5.95 Å². The van der Waals surface area contributed by atoms with Crippen molar-refractivity contribution in [3.05, 3.63) is 53.6 Å². The van der Waals surface area contributed by atoms with Crippen molar-refractivity contribution in [1.29, 1.82) is 0 Å². The van der Waals surface area contributed by atoms with Crippen LogP contribution in [-0.2, 0) is 11.3 Å². The van der Waals surface area contributed by atoms with Gasteiger partial charge in [-0.3, -0.25) is 4.79 Å². The third kappa shape index (κ3) is 9.05. The number of hydrogen-bond donors (Lipinski definition) is 1. The van der Waals surface area contributed by atoms with Crippen molar-refractivity contribution < 1.29 is 14.3 Å². The summed E-state index contributed by atoms with van der Waals surface area (Å²) in [5.41, 5.74) is 3.80. The summed E-state index contributed by atoms with van der Waals surface area (Å²) in [7, 11) is 1.38. The fourth-order valence-corrected chi connectivity index (χ4v) is 4.83. The van der Waals surface area contributed by atoms with Crippen LogP contribution < -0.4 is 5.32 Å². The van der Waals surface area contributed by atoms with Crippen LogP contribution in [0.2, 0.25) is 0 Å². The number of ether oxygens (including phenoxy) is 1. The molecule has 224 valence electrons. The van der Waals surface area contributed by atoms with Crippen LogP contribution in [0.4, 0.5) is 11.6 Å². The maximum absolute atomic E-state index is 13.8. The molecule has 8 nitrogen and oxygen atoms in total. The lowest BCUT2D eigenvalue weighted by Gasteiger charge is -2.25. The molecule has 0 aliphatic heterocycles. The number of nitrogens with one attached hydrogen (secondary N) is 1. The molecule has 0 fully saturated rings. The number of amides is 1. The molecular weight excluding hydrogens is 514 g/mol. The highest BCUT2D eigenvalue weighted by molar-refractivity contribution is 5.98. The van der Waals surface area contributed by atoms with Gasteiger partial charge < -0.3 is 24.4 Å². The molecule has 0 saturated carbocycles. The predicted molar refractivity (Wildman–Crippen MR) is 168 cm³/mol. The van der Waals surface area contributed by atoms with Crippen LogP contribution >= 0.6 is 0 Å². The van der Waals surface area contributed by atoms with Crippen LogP contribution in [0.3, 0.4) is 0 Å². The zero-order valence-corrected chi connectivity index (χ0v) is 26.1. The molecular formula is C33H49N5O3. The molecule has 0 saturated heterocycles. The van der Waals surface area contributed by atoms with Crippen molar-refractivity contribution in [2.24, 2.45) is 11.8 Å². The van der Waals surface area contributed by atoms with Gasteiger partial charge in [-0.05, 0) is 93.2 Å². The smallest absolute Gasteiger partial charge is 0.337 e. The van der Waals surface area contributed by atoms with Crippen LogP contribution in [0.25, 0.3) is 11.0 Å². The van der Waals surface area contributed by atoms with E-state index in [2.05, 4.69) is 56.3 Å². The van der Waals surface area contributed by atoms with Crippen LogP contribution in [0.1, 0.15) is 81.5 Å². The Labute approximate surface area is 246 Å². The Bertz CT molecular complexity index is 1250. The molecule has 1 aromatic heterocycles. The van der Waals surface area contributed by atoms with Crippen molar-refractivity contribution in [2.45, 2.75) is 67.3 Å². The third-order valence-corrected chi connectivity index (χ3v) is 7.55. The summed E-state index contributed by atoms with van der Waals surface area (Å²) in [5, 5.41) is 3.44. The highest BCUT2D eigenvalue weighted by Gasteiger charge is 2.19. The standard InChI is InChI=1S/C33H49N5O3/c1-8-36(9-2)19-10-20-38-30-23-27(31(39)37(21-17-24(3)4)22-18-25(5)6)13-16-29(30)35-33(38)34-28-14-11-26(12-15-28)32(40)41-7/h11-16,23-25H,8-10,17-22H2,1-7H3,(H,34,35). The number of fused-ring (bicyclic) bond motifs is 1. The molecule has 2 aromatic carbocycles. The summed E-state index contributed by atoms with van der Waals surface area (Å²) in [6, 6.07) is 13.0. The number of benzene rings is 2. The minimum Gasteiger partial charge on any atom is -0.465 e. The largest absolute Gasteiger partial charge is 0.465 e. The third-order valence-electron chi connectivity index (χ3n) is 7.55. The second-order valence-electron chi connectivity index (χ2n) is 11.5. The lowest BCUT2D eigenvalue weighted by molar-refractivity contribution is 0.0600. The maximum Gasteiger partial charge on any atom is 0.337 e. The Balaban J connectivity index is 1.95. The number of carbonyl (C=O) groups is 2. The van der Waals surface area contributed by atoms with Gasteiger partial charge in [-0.2, -0.15) is 0 Å². The number of esters is 1. The molecule has 1 heterocycles. The Morgan fingerprint density at radius 3 is 2.07 bits per heavy atom. The van der Waals surface area contributed by atoms with Gasteiger partial charge in [-0.25, -0.2) is 9.78 Å². The van der Waals surface area contributed by atoms with Gasteiger partial charge in [0.1, 0.15) is 0 Å². The van der Waals surface area contributed by atoms with Crippen molar-refractivity contribution in [3.8, 4) is 0 Å². The average Bonchev–Trinajstić information content (AvgIpc) is 3.30. The Kier molecular flexibility index (Phi) is 12.2. The highest BCUT2D eigenvalue weighted by Crippen LogP contribution is 2.26. The molecule has 3 rings (SSSR count). The lowest BCUT2D eigenvalue weighted by Crippen LogP contribution is -2.34. The number of carbonyl (C=O) groups excluding carboxylic acids is 2. The molecule has 1 N–H and O–H groups in total. The van der Waals surface area contributed by atoms with Gasteiger partial charge in [-0.15, -0.1) is 0 Å². The first-order valence-corrected chi connectivity index (χ1v) is 15.1. The van der Waals surface area contributed by atoms with Gasteiger partial charge in [-0.1, -0.05) is 41.5 Å². The van der Waals surface area contributed by atoms with Gasteiger partial charge in [0.25, 0.3) is 5.91 Å². The summed E-state index contributed by atoms with van der Waals surface area (Å²) in [6.07, 6.45) is 2.92. The van der Waals surface area contributed by atoms with E-state index in [1.54, 1.807) is 12.1 Å². The zero-order chi connectivity index (χ0) is 29.9. The van der Waals surface area contributed by atoms with Gasteiger partial charge in [0, 0.05) is 30.9 Å². The first-order chi connectivity index (χ1) is 19.7. The fourth-order valence-electron chi connectivity index (χ4n) is 4.83. The number of aromatic nitrogens is 2. The monoisotopic (exact) mass is 563 g/mol. The molecule has 0 spiro atoms. The quantitative estimate of drug-likeness (QED) is 0.192. The van der Waals surface area contributed by atoms with E-state index in [-0.39, 0.29) is 11.9 Å². The van der Waals surface area contributed by atoms with Gasteiger partial charge in [0.15, 0.2) is 0 Å². The Morgan fingerprint density at radius 1 is 0.902 bits per heavy atom. The molecule has 41 heavy (non-hydrogen) atoms. The van der Waals surface area contributed by atoms with Crippen molar-refractivity contribution in [2.75, 3.05) is 45.2 Å². The average molecular weight is 564 g/mol. The van der Waals surface area contributed by atoms with E-state index in [0.717, 1.165) is 75.3 Å². The second-order valence-corrected chi connectivity index (χ2v) is 11.5. The summed E-state index contributed by atoms with van der Waals surface area (Å²) < 4.78 is 7.00. The van der Waals surface area contributed by atoms with Crippen molar-refractivity contribution in [3.63, 3.8) is 0 Å². The SMILES string of the molecule is CCN(CC)CCCn1c(Nc2ccc(C(=O)OC)cc2)nc2ccc(C(=O)N(CCC(C)C)CCC(C)C)cc21. The summed E-state index contributed by atoms with van der Waals surface area (Å²) in [6.45, 7) is 18.5. The number of imidazole rings is 1. The Morgan fingerprint density at radius 2 is 1.51 bits per heavy atom. The number of nitrogens with zero attached hydrogens (tertiary/aromatic N) is 4. The van der Waals surface area contributed by atoms with Crippen LogP contribution in [0.15, 0.2) is 42.5 Å². The van der Waals surface area contributed by atoms with Crippen LogP contribution in [0, 0.1) is 11.8 Å². The molecule has 1 amide bonds. The molecule has 0 unspecified atom stereocenters. The van der Waals surface area contributed by atoms with Gasteiger partial charge in [0.05, 0.1) is 23.7 Å². The minimum absolute atomic E-state index is 0.0806. The first-order valence-electron chi connectivity index (χ1n) is 15.1. The van der Waals surface area contributed by atoms with E-state index in [1.807, 2.05) is 35.2 Å². The number of methoxy groups -OCH3 is 1. The molecule has 0 bridgehead atoms. The summed E-state index contributed by atoms with van der Waals surface area (Å²) in [5.74, 6) is 1.50. The van der Waals surface area contributed by atoms with E-state index < -0.39 is 0 Å². The molecule has 0 radical (unpaired) electrons. The predicted octanol–water partition coefficient (Wildman–Crippen LogP) is 6.83. The number of anilines is 2. The molecule has 0 atom stereocenters. The van der Waals surface area contributed by atoms with E-state index in [1.165, 1.54) is 7.11 Å². The van der Waals surface area contributed by atoms with Crippen molar-refractivity contribution >= 4 is 34.5 Å². The van der Waals surface area contributed by atoms with E-state index in [0.29, 0.717) is 28.9 Å². The topological polar surface area (TPSA) is 79.7 Å². The normalized spacial score (nSPS) is 11.6. The lowest BCUT2D eigenvalue weighted by atomic mass is 10.1. The number of rotatable bonds is 16. The second kappa shape index (κ2) is 15.6. The zero-order valence-electron chi connectivity index (χ0n) is 26.1. The van der Waals surface area contributed by atoms with E-state index >= 15 is 0 Å². The van der Waals surface area contributed by atoms with E-state index in [4.69, 9.17) is 9.72 Å². The maximum atomic E-state index is 13.8. The summed E-state index contributed by atoms with van der Waals surface area (Å²) in [4.78, 5) is 35.0. The fraction of sp³-hybridized carbons (Fsp3) is 0.545. The van der Waals surface area contributed by atoms with Crippen LogP contribution in [0.5, 0.6) is 0 Å². The Hall–Kier alpha value is -3.39. The van der Waals surface area contributed by atoms with E-state index in [9.17, 15) is 9.59 Å². The highest BCUT2D eigenvalue weighted by atomic mass is 16.5. The summed E-state index contributed by atoms with van der Waals surface area (Å²) >= 11 is 0. The first kappa shape index (κ1) is 32.1. The van der Waals surface area contributed by atoms with Crippen LogP contribution in [-0.4, -0.2) is 71.1 Å². The minimum atomic E-state index is -0.367. The number of aryl methyl sites for hydroxylation is 1. The van der Waals surface area contributed by atoms with Crippen molar-refractivity contribution in [1.82, 2.24) is 19.4 Å². The molecule has 3 aromatic rings. The van der Waals surface area contributed by atoms with Gasteiger partial charge >= 0.3 is 5.97 Å². The molecule has 0 aliphatic rings. The molecule has 0 aliphatic carbocycles.